The molecule has 2 aromatic rings. The van der Waals surface area contributed by atoms with Gasteiger partial charge in [-0.05, 0) is 11.5 Å². The molecular weight excluding hydrogens is 296 g/mol. The van der Waals surface area contributed by atoms with E-state index in [0.29, 0.717) is 24.0 Å². The monoisotopic (exact) mass is 316 g/mol. The molecule has 0 saturated heterocycles. The highest BCUT2D eigenvalue weighted by molar-refractivity contribution is 5.81. The largest absolute Gasteiger partial charge is 0.480 e. The van der Waals surface area contributed by atoms with Gasteiger partial charge in [0.05, 0.1) is 6.20 Å². The van der Waals surface area contributed by atoms with Crippen LogP contribution in [0.1, 0.15) is 37.6 Å². The number of carbonyl (C=O) groups excluding carboxylic acids is 1. The molecule has 1 amide bonds. The van der Waals surface area contributed by atoms with Gasteiger partial charge in [0.15, 0.2) is 11.7 Å². The molecule has 0 atom stereocenters. The molecule has 23 heavy (non-hydrogen) atoms. The van der Waals surface area contributed by atoms with Gasteiger partial charge in [0.1, 0.15) is 6.54 Å². The Bertz CT molecular complexity index is 674. The summed E-state index contributed by atoms with van der Waals surface area (Å²) in [4.78, 5) is 26.0. The number of rotatable bonds is 7. The summed E-state index contributed by atoms with van der Waals surface area (Å²) in [6, 6.07) is 8.08. The van der Waals surface area contributed by atoms with Crippen molar-refractivity contribution in [3.63, 3.8) is 0 Å². The van der Waals surface area contributed by atoms with E-state index >= 15 is 0 Å². The lowest BCUT2D eigenvalue weighted by atomic mass is 10.0. The second kappa shape index (κ2) is 7.58. The van der Waals surface area contributed by atoms with E-state index in [1.165, 1.54) is 5.56 Å². The van der Waals surface area contributed by atoms with E-state index in [2.05, 4.69) is 36.3 Å². The third kappa shape index (κ3) is 4.95. The standard InChI is InChI=1S/C17H20N2O4/c1-11(2)12-3-5-13(6-4-12)14-9-19-16(23-14)8-7-15(20)18-10-17(21)22/h3-6,9,11H,7-8,10H2,1-2H3,(H,18,20)(H,21,22). The second-order valence-electron chi connectivity index (χ2n) is 5.57. The summed E-state index contributed by atoms with van der Waals surface area (Å²) >= 11 is 0. The number of benzene rings is 1. The van der Waals surface area contributed by atoms with Crippen molar-refractivity contribution in [1.82, 2.24) is 10.3 Å². The molecule has 1 aromatic heterocycles. The van der Waals surface area contributed by atoms with Crippen LogP contribution >= 0.6 is 0 Å². The summed E-state index contributed by atoms with van der Waals surface area (Å²) in [5.74, 6) is 0.174. The minimum atomic E-state index is -1.07. The van der Waals surface area contributed by atoms with Crippen molar-refractivity contribution in [3.05, 3.63) is 41.9 Å². The molecule has 1 heterocycles. The van der Waals surface area contributed by atoms with Gasteiger partial charge in [0.2, 0.25) is 5.91 Å². The Morgan fingerprint density at radius 3 is 2.57 bits per heavy atom. The van der Waals surface area contributed by atoms with E-state index in [9.17, 15) is 9.59 Å². The summed E-state index contributed by atoms with van der Waals surface area (Å²) in [6.07, 6.45) is 2.10. The maximum atomic E-state index is 11.5. The van der Waals surface area contributed by atoms with Gasteiger partial charge in [0, 0.05) is 18.4 Å². The van der Waals surface area contributed by atoms with Crippen molar-refractivity contribution in [2.24, 2.45) is 0 Å². The molecular formula is C17H20N2O4. The first-order valence-electron chi connectivity index (χ1n) is 7.49. The Labute approximate surface area is 134 Å². The quantitative estimate of drug-likeness (QED) is 0.819. The number of carboxylic acids is 1. The Hall–Kier alpha value is -2.63. The van der Waals surface area contributed by atoms with Gasteiger partial charge in [0.25, 0.3) is 0 Å². The summed E-state index contributed by atoms with van der Waals surface area (Å²) in [5.41, 5.74) is 2.19. The van der Waals surface area contributed by atoms with Gasteiger partial charge in [-0.1, -0.05) is 38.1 Å². The maximum absolute atomic E-state index is 11.5. The van der Waals surface area contributed by atoms with Gasteiger partial charge in [-0.25, -0.2) is 4.98 Å². The first-order chi connectivity index (χ1) is 11.0. The molecule has 0 radical (unpaired) electrons. The van der Waals surface area contributed by atoms with Crippen LogP contribution in [0.15, 0.2) is 34.9 Å². The van der Waals surface area contributed by atoms with Gasteiger partial charge in [-0.3, -0.25) is 9.59 Å². The number of amides is 1. The van der Waals surface area contributed by atoms with Gasteiger partial charge >= 0.3 is 5.97 Å². The van der Waals surface area contributed by atoms with Crippen molar-refractivity contribution in [2.75, 3.05) is 6.54 Å². The molecule has 6 heteroatoms. The average Bonchev–Trinajstić information content (AvgIpc) is 3.00. The molecule has 0 bridgehead atoms. The van der Waals surface area contributed by atoms with Gasteiger partial charge in [-0.2, -0.15) is 0 Å². The van der Waals surface area contributed by atoms with E-state index in [1.807, 2.05) is 12.1 Å². The molecule has 122 valence electrons. The van der Waals surface area contributed by atoms with Gasteiger partial charge in [-0.15, -0.1) is 0 Å². The predicted molar refractivity (Wildman–Crippen MR) is 85.0 cm³/mol. The second-order valence-corrected chi connectivity index (χ2v) is 5.57. The van der Waals surface area contributed by atoms with E-state index in [0.717, 1.165) is 5.56 Å². The van der Waals surface area contributed by atoms with Crippen molar-refractivity contribution in [2.45, 2.75) is 32.6 Å². The SMILES string of the molecule is CC(C)c1ccc(-c2cnc(CCC(=O)NCC(=O)O)o2)cc1. The molecule has 6 nitrogen and oxygen atoms in total. The third-order valence-corrected chi connectivity index (χ3v) is 3.42. The van der Waals surface area contributed by atoms with Crippen LogP contribution in [-0.2, 0) is 16.0 Å². The van der Waals surface area contributed by atoms with Crippen LogP contribution in [0.3, 0.4) is 0 Å². The number of hydrogen-bond acceptors (Lipinski definition) is 4. The van der Waals surface area contributed by atoms with Crippen LogP contribution in [0.25, 0.3) is 11.3 Å². The van der Waals surface area contributed by atoms with E-state index in [4.69, 9.17) is 9.52 Å². The molecule has 0 aliphatic rings. The van der Waals surface area contributed by atoms with Crippen molar-refractivity contribution >= 4 is 11.9 Å². The number of nitrogens with one attached hydrogen (secondary N) is 1. The normalized spacial score (nSPS) is 10.7. The van der Waals surface area contributed by atoms with Crippen LogP contribution < -0.4 is 5.32 Å². The van der Waals surface area contributed by atoms with E-state index in [-0.39, 0.29) is 18.9 Å². The highest BCUT2D eigenvalue weighted by Crippen LogP contribution is 2.23. The zero-order valence-corrected chi connectivity index (χ0v) is 13.2. The minimum absolute atomic E-state index is 0.138. The molecule has 0 spiro atoms. The smallest absolute Gasteiger partial charge is 0.322 e. The predicted octanol–water partition coefficient (Wildman–Crippen LogP) is 2.60. The lowest BCUT2D eigenvalue weighted by Gasteiger charge is -2.05. The molecule has 1 aromatic carbocycles. The Balaban J connectivity index is 1.92. The summed E-state index contributed by atoms with van der Waals surface area (Å²) < 4.78 is 5.64. The Morgan fingerprint density at radius 2 is 1.96 bits per heavy atom. The first kappa shape index (κ1) is 16.7. The lowest BCUT2D eigenvalue weighted by molar-refractivity contribution is -0.137. The fourth-order valence-electron chi connectivity index (χ4n) is 2.07. The van der Waals surface area contributed by atoms with E-state index < -0.39 is 5.97 Å². The van der Waals surface area contributed by atoms with E-state index in [1.54, 1.807) is 6.20 Å². The molecule has 0 aliphatic heterocycles. The van der Waals surface area contributed by atoms with Crippen LogP contribution in [-0.4, -0.2) is 28.5 Å². The fraction of sp³-hybridized carbons (Fsp3) is 0.353. The number of oxazole rings is 1. The Kier molecular flexibility index (Phi) is 5.51. The fourth-order valence-corrected chi connectivity index (χ4v) is 2.07. The molecule has 2 N–H and O–H groups in total. The van der Waals surface area contributed by atoms with Crippen LogP contribution in [0, 0.1) is 0 Å². The average molecular weight is 316 g/mol. The molecule has 2 rings (SSSR count). The molecule has 0 aliphatic carbocycles. The number of nitrogens with zero attached hydrogens (tertiary/aromatic N) is 1. The Morgan fingerprint density at radius 1 is 1.26 bits per heavy atom. The summed E-state index contributed by atoms with van der Waals surface area (Å²) in [5, 5.41) is 10.8. The number of carbonyl (C=O) groups is 2. The number of carboxylic acid groups (broad SMARTS) is 1. The third-order valence-electron chi connectivity index (χ3n) is 3.42. The minimum Gasteiger partial charge on any atom is -0.480 e. The van der Waals surface area contributed by atoms with Crippen molar-refractivity contribution in [3.8, 4) is 11.3 Å². The number of hydrogen-bond donors (Lipinski definition) is 2. The lowest BCUT2D eigenvalue weighted by Crippen LogP contribution is -2.29. The summed E-state index contributed by atoms with van der Waals surface area (Å²) in [7, 11) is 0. The number of aromatic nitrogens is 1. The zero-order valence-electron chi connectivity index (χ0n) is 13.2. The number of aliphatic carboxylic acids is 1. The van der Waals surface area contributed by atoms with Gasteiger partial charge < -0.3 is 14.8 Å². The van der Waals surface area contributed by atoms with Crippen LogP contribution in [0.2, 0.25) is 0 Å². The maximum Gasteiger partial charge on any atom is 0.322 e. The van der Waals surface area contributed by atoms with Crippen LogP contribution in [0.4, 0.5) is 0 Å². The first-order valence-corrected chi connectivity index (χ1v) is 7.49. The van der Waals surface area contributed by atoms with Crippen molar-refractivity contribution in [1.29, 1.82) is 0 Å². The molecule has 0 fully saturated rings. The van der Waals surface area contributed by atoms with Crippen LogP contribution in [0.5, 0.6) is 0 Å². The number of aryl methyl sites for hydroxylation is 1. The molecule has 0 saturated carbocycles. The highest BCUT2D eigenvalue weighted by Gasteiger charge is 2.10. The van der Waals surface area contributed by atoms with Crippen molar-refractivity contribution < 1.29 is 19.1 Å². The topological polar surface area (TPSA) is 92.4 Å². The summed E-state index contributed by atoms with van der Waals surface area (Å²) in [6.45, 7) is 3.89. The highest BCUT2D eigenvalue weighted by atomic mass is 16.4. The zero-order chi connectivity index (χ0) is 16.8. The molecule has 0 unspecified atom stereocenters.